The number of hydrogen-bond donors (Lipinski definition) is 1. The van der Waals surface area contributed by atoms with Gasteiger partial charge in [0.2, 0.25) is 0 Å². The van der Waals surface area contributed by atoms with Crippen molar-refractivity contribution in [3.8, 4) is 0 Å². The molecule has 6 nitrogen and oxygen atoms in total. The quantitative estimate of drug-likeness (QED) is 0.883. The normalized spacial score (nSPS) is 17.3. The van der Waals surface area contributed by atoms with Crippen molar-refractivity contribution in [3.05, 3.63) is 51.9 Å². The van der Waals surface area contributed by atoms with Gasteiger partial charge in [-0.2, -0.15) is 0 Å². The molecule has 1 fully saturated rings. The van der Waals surface area contributed by atoms with Crippen molar-refractivity contribution in [1.29, 1.82) is 0 Å². The number of halogens is 2. The predicted molar refractivity (Wildman–Crippen MR) is 98.7 cm³/mol. The topological polar surface area (TPSA) is 75.4 Å². The van der Waals surface area contributed by atoms with Crippen molar-refractivity contribution in [2.75, 3.05) is 25.9 Å². The third kappa shape index (κ3) is 4.03. The Hall–Kier alpha value is -1.89. The third-order valence-corrected chi connectivity index (χ3v) is 5.19. The molecule has 2 heterocycles. The summed E-state index contributed by atoms with van der Waals surface area (Å²) in [6.45, 7) is 1.88. The van der Waals surface area contributed by atoms with Gasteiger partial charge in [-0.1, -0.05) is 29.3 Å². The number of nitrogen functional groups attached to an aromatic ring is 1. The van der Waals surface area contributed by atoms with Crippen molar-refractivity contribution >= 4 is 34.9 Å². The van der Waals surface area contributed by atoms with E-state index in [0.29, 0.717) is 46.9 Å². The summed E-state index contributed by atoms with van der Waals surface area (Å²) in [5.74, 6) is 1.03. The Kier molecular flexibility index (Phi) is 5.42. The molecule has 0 spiro atoms. The van der Waals surface area contributed by atoms with Crippen LogP contribution in [-0.4, -0.2) is 51.9 Å². The first-order valence-electron chi connectivity index (χ1n) is 7.96. The molecule has 2 N–H and O–H groups in total. The molecule has 0 bridgehead atoms. The average molecular weight is 380 g/mol. The molecule has 1 amide bonds. The lowest BCUT2D eigenvalue weighted by molar-refractivity contribution is 0.0779. The Morgan fingerprint density at radius 2 is 2.20 bits per heavy atom. The number of likely N-dealkylation sites (N-methyl/N-ethyl adjacent to an activating group) is 1. The summed E-state index contributed by atoms with van der Waals surface area (Å²) in [7, 11) is 2.00. The van der Waals surface area contributed by atoms with Gasteiger partial charge in [0, 0.05) is 25.3 Å². The smallest absolute Gasteiger partial charge is 0.255 e. The molecule has 1 aromatic heterocycles. The van der Waals surface area contributed by atoms with Gasteiger partial charge in [-0.05, 0) is 31.7 Å². The second-order valence-corrected chi connectivity index (χ2v) is 6.89. The molecule has 0 aliphatic carbocycles. The van der Waals surface area contributed by atoms with Gasteiger partial charge >= 0.3 is 0 Å². The van der Waals surface area contributed by atoms with E-state index >= 15 is 0 Å². The fraction of sp³-hybridized carbons (Fsp3) is 0.353. The van der Waals surface area contributed by atoms with Crippen LogP contribution in [0.4, 0.5) is 5.82 Å². The molecule has 0 radical (unpaired) electrons. The van der Waals surface area contributed by atoms with E-state index in [2.05, 4.69) is 14.9 Å². The zero-order valence-corrected chi connectivity index (χ0v) is 15.3. The minimum absolute atomic E-state index is 0.0939. The fourth-order valence-electron chi connectivity index (χ4n) is 2.97. The molecule has 25 heavy (non-hydrogen) atoms. The van der Waals surface area contributed by atoms with E-state index in [1.165, 1.54) is 0 Å². The number of rotatable bonds is 4. The van der Waals surface area contributed by atoms with Crippen LogP contribution in [0.5, 0.6) is 0 Å². The summed E-state index contributed by atoms with van der Waals surface area (Å²) >= 11 is 12.2. The minimum Gasteiger partial charge on any atom is -0.384 e. The van der Waals surface area contributed by atoms with Gasteiger partial charge in [-0.25, -0.2) is 9.97 Å². The van der Waals surface area contributed by atoms with Crippen molar-refractivity contribution in [3.63, 3.8) is 0 Å². The van der Waals surface area contributed by atoms with Crippen LogP contribution < -0.4 is 5.73 Å². The Labute approximate surface area is 156 Å². The summed E-state index contributed by atoms with van der Waals surface area (Å²) < 4.78 is 0. The predicted octanol–water partition coefficient (Wildman–Crippen LogP) is 2.71. The lowest BCUT2D eigenvalue weighted by Crippen LogP contribution is -2.36. The van der Waals surface area contributed by atoms with Gasteiger partial charge < -0.3 is 10.6 Å². The molecule has 1 aromatic carbocycles. The fourth-order valence-corrected chi connectivity index (χ4v) is 3.35. The van der Waals surface area contributed by atoms with Crippen molar-refractivity contribution in [2.24, 2.45) is 0 Å². The van der Waals surface area contributed by atoms with E-state index in [0.717, 1.165) is 6.42 Å². The Balaban J connectivity index is 1.64. The molecule has 1 saturated heterocycles. The molecule has 3 rings (SSSR count). The van der Waals surface area contributed by atoms with Crippen LogP contribution >= 0.6 is 23.2 Å². The molecule has 1 aliphatic rings. The number of nitrogens with zero attached hydrogens (tertiary/aromatic N) is 4. The van der Waals surface area contributed by atoms with Crippen LogP contribution in [0, 0.1) is 0 Å². The second kappa shape index (κ2) is 7.56. The second-order valence-electron chi connectivity index (χ2n) is 6.11. The van der Waals surface area contributed by atoms with Crippen molar-refractivity contribution < 1.29 is 4.79 Å². The Morgan fingerprint density at radius 3 is 2.96 bits per heavy atom. The molecule has 1 unspecified atom stereocenters. The number of carbonyl (C=O) groups is 1. The highest BCUT2D eigenvalue weighted by Crippen LogP contribution is 2.28. The lowest BCUT2D eigenvalue weighted by Gasteiger charge is -2.24. The highest BCUT2D eigenvalue weighted by atomic mass is 35.5. The van der Waals surface area contributed by atoms with E-state index in [9.17, 15) is 4.79 Å². The van der Waals surface area contributed by atoms with E-state index in [4.69, 9.17) is 28.9 Å². The molecule has 2 aromatic rings. The maximum atomic E-state index is 12.7. The zero-order valence-electron chi connectivity index (χ0n) is 13.8. The summed E-state index contributed by atoms with van der Waals surface area (Å²) in [4.78, 5) is 25.1. The zero-order chi connectivity index (χ0) is 18.0. The van der Waals surface area contributed by atoms with Crippen LogP contribution in [0.15, 0.2) is 30.5 Å². The average Bonchev–Trinajstić information content (AvgIpc) is 3.07. The first-order valence-corrected chi connectivity index (χ1v) is 8.72. The number of nitrogens with two attached hydrogens (primary N) is 1. The van der Waals surface area contributed by atoms with Gasteiger partial charge in [0.05, 0.1) is 22.2 Å². The number of amides is 1. The monoisotopic (exact) mass is 379 g/mol. The summed E-state index contributed by atoms with van der Waals surface area (Å²) in [6.07, 6.45) is 2.53. The van der Waals surface area contributed by atoms with Crippen molar-refractivity contribution in [1.82, 2.24) is 19.8 Å². The molecular weight excluding hydrogens is 361 g/mol. The summed E-state index contributed by atoms with van der Waals surface area (Å²) in [5.41, 5.74) is 6.14. The maximum absolute atomic E-state index is 12.7. The van der Waals surface area contributed by atoms with E-state index in [1.807, 2.05) is 7.05 Å². The van der Waals surface area contributed by atoms with Crippen LogP contribution in [-0.2, 0) is 6.54 Å². The van der Waals surface area contributed by atoms with Crippen LogP contribution in [0.2, 0.25) is 10.0 Å². The van der Waals surface area contributed by atoms with Crippen molar-refractivity contribution in [2.45, 2.75) is 19.0 Å². The van der Waals surface area contributed by atoms with Crippen LogP contribution in [0.25, 0.3) is 0 Å². The first kappa shape index (κ1) is 17.9. The van der Waals surface area contributed by atoms with Gasteiger partial charge in [0.25, 0.3) is 5.91 Å². The highest BCUT2D eigenvalue weighted by molar-refractivity contribution is 6.43. The highest BCUT2D eigenvalue weighted by Gasteiger charge is 2.30. The molecule has 1 aliphatic heterocycles. The van der Waals surface area contributed by atoms with E-state index < -0.39 is 0 Å². The number of carbonyl (C=O) groups excluding carboxylic acids is 1. The Bertz CT molecular complexity index is 785. The third-order valence-electron chi connectivity index (χ3n) is 4.37. The molecule has 0 saturated carbocycles. The number of likely N-dealkylation sites (tertiary alicyclic amines) is 1. The molecular formula is C17H19Cl2N5O. The number of aromatic nitrogens is 2. The largest absolute Gasteiger partial charge is 0.384 e. The molecule has 132 valence electrons. The van der Waals surface area contributed by atoms with Gasteiger partial charge in [-0.3, -0.25) is 9.69 Å². The SMILES string of the molecule is CN(Cc1nccc(N)n1)C1CCN(C(=O)c2cccc(Cl)c2Cl)C1. The maximum Gasteiger partial charge on any atom is 0.255 e. The number of anilines is 1. The standard InChI is InChI=1S/C17H19Cl2N5O/c1-23(10-15-21-7-5-14(20)22-15)11-6-8-24(9-11)17(25)12-3-2-4-13(18)16(12)19/h2-5,7,11H,6,8-10H2,1H3,(H2,20,21,22). The summed E-state index contributed by atoms with van der Waals surface area (Å²) in [6, 6.07) is 7.00. The number of hydrogen-bond acceptors (Lipinski definition) is 5. The lowest BCUT2D eigenvalue weighted by atomic mass is 10.2. The Morgan fingerprint density at radius 1 is 1.40 bits per heavy atom. The first-order chi connectivity index (χ1) is 12.0. The minimum atomic E-state index is -0.0939. The number of benzene rings is 1. The molecule has 1 atom stereocenters. The summed E-state index contributed by atoms with van der Waals surface area (Å²) in [5, 5.41) is 0.693. The van der Waals surface area contributed by atoms with Gasteiger partial charge in [-0.15, -0.1) is 0 Å². The van der Waals surface area contributed by atoms with Gasteiger partial charge in [0.1, 0.15) is 11.6 Å². The van der Waals surface area contributed by atoms with Crippen LogP contribution in [0.3, 0.4) is 0 Å². The molecule has 8 heteroatoms. The van der Waals surface area contributed by atoms with Gasteiger partial charge in [0.15, 0.2) is 0 Å². The van der Waals surface area contributed by atoms with E-state index in [1.54, 1.807) is 35.4 Å². The van der Waals surface area contributed by atoms with E-state index in [-0.39, 0.29) is 11.9 Å². The van der Waals surface area contributed by atoms with Crippen LogP contribution in [0.1, 0.15) is 22.6 Å².